The molecule has 1 unspecified atom stereocenters. The maximum atomic E-state index is 8.90. The molecule has 1 aliphatic heterocycles. The van der Waals surface area contributed by atoms with Crippen molar-refractivity contribution < 1.29 is 9.47 Å². The van der Waals surface area contributed by atoms with Crippen molar-refractivity contribution in [3.05, 3.63) is 11.4 Å². The molecular formula is C9H6N2O2S. The molecule has 0 radical (unpaired) electrons. The Hall–Kier alpha value is -1.72. The fourth-order valence-electron chi connectivity index (χ4n) is 1.20. The van der Waals surface area contributed by atoms with E-state index in [4.69, 9.17) is 20.0 Å². The molecule has 0 N–H and O–H groups in total. The lowest BCUT2D eigenvalue weighted by atomic mass is 10.0. The Morgan fingerprint density at radius 2 is 2.21 bits per heavy atom. The first-order valence-electron chi connectivity index (χ1n) is 3.97. The van der Waals surface area contributed by atoms with Gasteiger partial charge >= 0.3 is 5.60 Å². The Labute approximate surface area is 84.9 Å². The molecule has 14 heavy (non-hydrogen) atoms. The van der Waals surface area contributed by atoms with Crippen molar-refractivity contribution in [3.8, 4) is 23.0 Å². The SMILES string of the molecule is CC1Oc2ccsc2OC1(C#N)C#N. The molecular weight excluding hydrogens is 200 g/mol. The van der Waals surface area contributed by atoms with Crippen molar-refractivity contribution in [1.82, 2.24) is 0 Å². The second-order valence-corrected chi connectivity index (χ2v) is 3.77. The first-order chi connectivity index (χ1) is 6.72. The molecule has 4 nitrogen and oxygen atoms in total. The van der Waals surface area contributed by atoms with Gasteiger partial charge in [-0.3, -0.25) is 0 Å². The van der Waals surface area contributed by atoms with Crippen LogP contribution < -0.4 is 9.47 Å². The summed E-state index contributed by atoms with van der Waals surface area (Å²) < 4.78 is 10.8. The highest BCUT2D eigenvalue weighted by atomic mass is 32.1. The Bertz CT molecular complexity index is 426. The lowest BCUT2D eigenvalue weighted by Crippen LogP contribution is -2.48. The highest BCUT2D eigenvalue weighted by Crippen LogP contribution is 2.42. The Morgan fingerprint density at radius 1 is 1.50 bits per heavy atom. The molecule has 70 valence electrons. The normalized spacial score (nSPS) is 22.1. The predicted octanol–water partition coefficient (Wildman–Crippen LogP) is 1.69. The third kappa shape index (κ3) is 1.03. The summed E-state index contributed by atoms with van der Waals surface area (Å²) in [5.74, 6) is 0.601. The second kappa shape index (κ2) is 2.90. The van der Waals surface area contributed by atoms with Crippen molar-refractivity contribution >= 4 is 11.3 Å². The van der Waals surface area contributed by atoms with Crippen molar-refractivity contribution in [2.75, 3.05) is 0 Å². The van der Waals surface area contributed by atoms with Gasteiger partial charge in [0.2, 0.25) is 5.06 Å². The standard InChI is InChI=1S/C9H6N2O2S/c1-6-9(4-10,5-11)13-8-7(12-6)2-3-14-8/h2-3,6H,1H3. The number of thiophene rings is 1. The fraction of sp³-hybridized carbons (Fsp3) is 0.333. The van der Waals surface area contributed by atoms with Crippen molar-refractivity contribution in [2.45, 2.75) is 18.6 Å². The van der Waals surface area contributed by atoms with E-state index in [2.05, 4.69) is 0 Å². The maximum Gasteiger partial charge on any atom is 0.316 e. The Balaban J connectivity index is 2.45. The van der Waals surface area contributed by atoms with E-state index >= 15 is 0 Å². The van der Waals surface area contributed by atoms with Gasteiger partial charge in [0.15, 0.2) is 11.9 Å². The van der Waals surface area contributed by atoms with Crippen molar-refractivity contribution in [2.24, 2.45) is 0 Å². The van der Waals surface area contributed by atoms with Crippen LogP contribution in [0.4, 0.5) is 0 Å². The van der Waals surface area contributed by atoms with E-state index in [1.165, 1.54) is 11.3 Å². The van der Waals surface area contributed by atoms with Gasteiger partial charge in [-0.1, -0.05) is 0 Å². The molecule has 1 atom stereocenters. The number of nitriles is 2. The zero-order valence-electron chi connectivity index (χ0n) is 7.35. The maximum absolute atomic E-state index is 8.90. The average Bonchev–Trinajstić information content (AvgIpc) is 2.63. The summed E-state index contributed by atoms with van der Waals surface area (Å²) in [5.41, 5.74) is -1.52. The van der Waals surface area contributed by atoms with Crippen LogP contribution >= 0.6 is 11.3 Å². The van der Waals surface area contributed by atoms with Crippen LogP contribution in [0.3, 0.4) is 0 Å². The number of nitrogens with zero attached hydrogens (tertiary/aromatic N) is 2. The molecule has 0 amide bonds. The van der Waals surface area contributed by atoms with E-state index in [1.54, 1.807) is 18.4 Å². The molecule has 0 aliphatic carbocycles. The quantitative estimate of drug-likeness (QED) is 0.647. The van der Waals surface area contributed by atoms with Crippen LogP contribution in [0.2, 0.25) is 0 Å². The van der Waals surface area contributed by atoms with Crippen molar-refractivity contribution in [1.29, 1.82) is 10.5 Å². The molecule has 0 aromatic carbocycles. The lowest BCUT2D eigenvalue weighted by Gasteiger charge is -2.31. The molecule has 2 heterocycles. The Kier molecular flexibility index (Phi) is 1.83. The summed E-state index contributed by atoms with van der Waals surface area (Å²) in [6, 6.07) is 5.45. The van der Waals surface area contributed by atoms with Gasteiger partial charge in [-0.05, 0) is 18.4 Å². The summed E-state index contributed by atoms with van der Waals surface area (Å²) in [6.45, 7) is 1.65. The van der Waals surface area contributed by atoms with Gasteiger partial charge in [-0.25, -0.2) is 0 Å². The molecule has 0 bridgehead atoms. The minimum atomic E-state index is -1.52. The molecule has 1 aliphatic rings. The third-order valence-electron chi connectivity index (χ3n) is 2.06. The van der Waals surface area contributed by atoms with E-state index in [0.29, 0.717) is 10.8 Å². The largest absolute Gasteiger partial charge is 0.479 e. The van der Waals surface area contributed by atoms with Gasteiger partial charge < -0.3 is 9.47 Å². The molecule has 0 spiro atoms. The minimum absolute atomic E-state index is 0.492. The average molecular weight is 206 g/mol. The summed E-state index contributed by atoms with van der Waals surface area (Å²) in [5, 5.41) is 20.1. The van der Waals surface area contributed by atoms with Crippen LogP contribution in [0.1, 0.15) is 6.92 Å². The molecule has 2 rings (SSSR count). The smallest absolute Gasteiger partial charge is 0.316 e. The molecule has 0 fully saturated rings. The van der Waals surface area contributed by atoms with E-state index < -0.39 is 11.7 Å². The topological polar surface area (TPSA) is 66.0 Å². The Morgan fingerprint density at radius 3 is 2.86 bits per heavy atom. The van der Waals surface area contributed by atoms with Crippen LogP contribution in [0.15, 0.2) is 11.4 Å². The van der Waals surface area contributed by atoms with E-state index in [9.17, 15) is 0 Å². The molecule has 0 saturated carbocycles. The number of rotatable bonds is 0. The highest BCUT2D eigenvalue weighted by Gasteiger charge is 2.46. The van der Waals surface area contributed by atoms with Gasteiger partial charge in [0.25, 0.3) is 0 Å². The zero-order chi connectivity index (χ0) is 10.2. The van der Waals surface area contributed by atoms with Gasteiger partial charge in [-0.15, -0.1) is 11.3 Å². The zero-order valence-corrected chi connectivity index (χ0v) is 8.17. The van der Waals surface area contributed by atoms with Gasteiger partial charge in [-0.2, -0.15) is 10.5 Å². The van der Waals surface area contributed by atoms with Gasteiger partial charge in [0, 0.05) is 0 Å². The molecule has 0 saturated heterocycles. The second-order valence-electron chi connectivity index (χ2n) is 2.89. The number of hydrogen-bond donors (Lipinski definition) is 0. The number of hydrogen-bond acceptors (Lipinski definition) is 5. The first-order valence-corrected chi connectivity index (χ1v) is 4.85. The van der Waals surface area contributed by atoms with Crippen molar-refractivity contribution in [3.63, 3.8) is 0 Å². The predicted molar refractivity (Wildman–Crippen MR) is 49.0 cm³/mol. The van der Waals surface area contributed by atoms with E-state index in [-0.39, 0.29) is 0 Å². The highest BCUT2D eigenvalue weighted by molar-refractivity contribution is 7.12. The summed E-state index contributed by atoms with van der Waals surface area (Å²) in [4.78, 5) is 0. The van der Waals surface area contributed by atoms with E-state index in [1.807, 2.05) is 12.1 Å². The molecule has 1 aromatic heterocycles. The van der Waals surface area contributed by atoms with Crippen LogP contribution in [-0.2, 0) is 0 Å². The molecule has 1 aromatic rings. The van der Waals surface area contributed by atoms with Crippen LogP contribution in [0.25, 0.3) is 0 Å². The first kappa shape index (κ1) is 8.86. The summed E-state index contributed by atoms with van der Waals surface area (Å²) in [6.07, 6.45) is -0.584. The van der Waals surface area contributed by atoms with Crippen LogP contribution in [0, 0.1) is 22.7 Å². The van der Waals surface area contributed by atoms with Crippen LogP contribution in [-0.4, -0.2) is 11.7 Å². The third-order valence-corrected chi connectivity index (χ3v) is 2.83. The number of fused-ring (bicyclic) bond motifs is 1. The summed E-state index contributed by atoms with van der Waals surface area (Å²) in [7, 11) is 0. The minimum Gasteiger partial charge on any atom is -0.479 e. The van der Waals surface area contributed by atoms with Gasteiger partial charge in [0.05, 0.1) is 0 Å². The monoisotopic (exact) mass is 206 g/mol. The van der Waals surface area contributed by atoms with E-state index in [0.717, 1.165) is 0 Å². The van der Waals surface area contributed by atoms with Crippen LogP contribution in [0.5, 0.6) is 10.8 Å². The number of ether oxygens (including phenoxy) is 2. The lowest BCUT2D eigenvalue weighted by molar-refractivity contribution is 0.0228. The summed E-state index contributed by atoms with van der Waals surface area (Å²) >= 11 is 1.31. The fourth-order valence-corrected chi connectivity index (χ4v) is 1.93. The van der Waals surface area contributed by atoms with Gasteiger partial charge in [0.1, 0.15) is 12.1 Å². The molecule has 5 heteroatoms.